The second-order valence-corrected chi connectivity index (χ2v) is 7.91. The maximum Gasteiger partial charge on any atom is 0.295 e. The number of aliphatic hydroxyl groups is 1. The Kier molecular flexibility index (Phi) is 7.36. The third-order valence-corrected chi connectivity index (χ3v) is 5.86. The fourth-order valence-electron chi connectivity index (χ4n) is 3.92. The van der Waals surface area contributed by atoms with Gasteiger partial charge in [-0.25, -0.2) is 0 Å². The first-order chi connectivity index (χ1) is 14.9. The van der Waals surface area contributed by atoms with E-state index in [-0.39, 0.29) is 17.1 Å². The van der Waals surface area contributed by atoms with Crippen LogP contribution in [-0.2, 0) is 9.59 Å². The minimum atomic E-state index is -0.778. The number of aliphatic hydroxyl groups excluding tert-OH is 1. The van der Waals surface area contributed by atoms with Crippen LogP contribution in [0.4, 0.5) is 0 Å². The molecule has 0 bridgehead atoms. The van der Waals surface area contributed by atoms with Crippen LogP contribution in [0.2, 0.25) is 5.02 Å². The average molecular weight is 443 g/mol. The normalized spacial score (nSPS) is 18.2. The van der Waals surface area contributed by atoms with E-state index in [1.807, 2.05) is 0 Å². The van der Waals surface area contributed by atoms with Crippen molar-refractivity contribution in [3.63, 3.8) is 0 Å². The van der Waals surface area contributed by atoms with E-state index < -0.39 is 17.7 Å². The molecule has 1 unspecified atom stereocenters. The first-order valence-corrected chi connectivity index (χ1v) is 10.8. The third kappa shape index (κ3) is 4.92. The first-order valence-electron chi connectivity index (χ1n) is 10.4. The van der Waals surface area contributed by atoms with Crippen molar-refractivity contribution in [2.45, 2.75) is 26.3 Å². The number of ketones is 1. The lowest BCUT2D eigenvalue weighted by Gasteiger charge is -2.26. The van der Waals surface area contributed by atoms with Crippen molar-refractivity contribution in [3.8, 4) is 5.75 Å². The van der Waals surface area contributed by atoms with Crippen molar-refractivity contribution in [2.75, 3.05) is 26.2 Å². The number of halogens is 1. The van der Waals surface area contributed by atoms with Gasteiger partial charge in [0, 0.05) is 17.1 Å². The lowest BCUT2D eigenvalue weighted by molar-refractivity contribution is -0.140. The van der Waals surface area contributed by atoms with Crippen LogP contribution in [0.25, 0.3) is 5.76 Å². The Hall–Kier alpha value is -2.83. The van der Waals surface area contributed by atoms with Gasteiger partial charge in [0.25, 0.3) is 11.7 Å². The highest BCUT2D eigenvalue weighted by atomic mass is 35.5. The van der Waals surface area contributed by atoms with Crippen molar-refractivity contribution in [1.29, 1.82) is 0 Å². The lowest BCUT2D eigenvalue weighted by atomic mass is 9.95. The lowest BCUT2D eigenvalue weighted by Crippen LogP contribution is -2.33. The van der Waals surface area contributed by atoms with Crippen LogP contribution in [0.5, 0.6) is 5.75 Å². The van der Waals surface area contributed by atoms with Gasteiger partial charge in [-0.15, -0.1) is 0 Å². The van der Waals surface area contributed by atoms with Gasteiger partial charge < -0.3 is 20.0 Å². The number of benzene rings is 2. The Balaban J connectivity index is 2.02. The Bertz CT molecular complexity index is 983. The molecule has 0 aliphatic carbocycles. The summed E-state index contributed by atoms with van der Waals surface area (Å²) in [5.41, 5.74) is 0.981. The molecule has 6 nitrogen and oxygen atoms in total. The second-order valence-electron chi connectivity index (χ2n) is 7.47. The van der Waals surface area contributed by atoms with Crippen molar-refractivity contribution >= 4 is 29.1 Å². The molecule has 1 heterocycles. The maximum atomic E-state index is 13.0. The number of rotatable bonds is 8. The molecule has 1 saturated heterocycles. The molecule has 3 rings (SSSR count). The fourth-order valence-corrected chi connectivity index (χ4v) is 4.05. The number of likely N-dealkylation sites (tertiary alicyclic amines) is 1. The van der Waals surface area contributed by atoms with Gasteiger partial charge in [0.05, 0.1) is 11.6 Å². The molecular formula is C24H27ClN2O4. The topological polar surface area (TPSA) is 81.1 Å². The van der Waals surface area contributed by atoms with E-state index in [0.717, 1.165) is 19.6 Å². The molecule has 1 aliphatic heterocycles. The molecule has 0 spiro atoms. The summed E-state index contributed by atoms with van der Waals surface area (Å²) in [6.07, 6.45) is 0.686. The number of phenolic OH excluding ortho intramolecular Hbond substituents is 1. The smallest absolute Gasteiger partial charge is 0.295 e. The van der Waals surface area contributed by atoms with Crippen molar-refractivity contribution < 1.29 is 19.8 Å². The van der Waals surface area contributed by atoms with E-state index >= 15 is 0 Å². The molecule has 164 valence electrons. The van der Waals surface area contributed by atoms with Crippen LogP contribution in [-0.4, -0.2) is 57.9 Å². The maximum absolute atomic E-state index is 13.0. The molecule has 2 N–H and O–H groups in total. The van der Waals surface area contributed by atoms with Crippen LogP contribution in [0.3, 0.4) is 0 Å². The van der Waals surface area contributed by atoms with Crippen molar-refractivity contribution in [3.05, 3.63) is 70.3 Å². The molecule has 0 aromatic heterocycles. The fraction of sp³-hybridized carbons (Fsp3) is 0.333. The minimum Gasteiger partial charge on any atom is -0.508 e. The molecular weight excluding hydrogens is 416 g/mol. The number of carbonyl (C=O) groups is 2. The van der Waals surface area contributed by atoms with Crippen LogP contribution in [0, 0.1) is 0 Å². The van der Waals surface area contributed by atoms with Gasteiger partial charge >= 0.3 is 0 Å². The Morgan fingerprint density at radius 3 is 2.39 bits per heavy atom. The predicted molar refractivity (Wildman–Crippen MR) is 121 cm³/mol. The van der Waals surface area contributed by atoms with Gasteiger partial charge in [0.1, 0.15) is 11.5 Å². The summed E-state index contributed by atoms with van der Waals surface area (Å²) < 4.78 is 0. The molecule has 1 aliphatic rings. The van der Waals surface area contributed by atoms with Gasteiger partial charge in [-0.3, -0.25) is 9.59 Å². The summed E-state index contributed by atoms with van der Waals surface area (Å²) in [5, 5.41) is 21.5. The number of amides is 1. The number of hydrogen-bond donors (Lipinski definition) is 2. The number of aromatic hydroxyl groups is 1. The zero-order chi connectivity index (χ0) is 22.5. The van der Waals surface area contributed by atoms with Crippen molar-refractivity contribution in [2.24, 2.45) is 0 Å². The molecule has 2 aromatic rings. The predicted octanol–water partition coefficient (Wildman–Crippen LogP) is 4.20. The third-order valence-electron chi connectivity index (χ3n) is 5.61. The largest absolute Gasteiger partial charge is 0.508 e. The quantitative estimate of drug-likeness (QED) is 0.364. The first kappa shape index (κ1) is 22.8. The molecule has 7 heteroatoms. The van der Waals surface area contributed by atoms with E-state index in [9.17, 15) is 19.8 Å². The van der Waals surface area contributed by atoms with E-state index in [4.69, 9.17) is 11.6 Å². The molecule has 1 fully saturated rings. The highest BCUT2D eigenvalue weighted by molar-refractivity contribution is 6.46. The SMILES string of the molecule is CCN(CC)CCCN1C(=O)C(=O)/C(=C(/O)c2ccc(Cl)cc2)C1c1cccc(O)c1. The Labute approximate surface area is 187 Å². The van der Waals surface area contributed by atoms with Gasteiger partial charge in [0.2, 0.25) is 0 Å². The molecule has 31 heavy (non-hydrogen) atoms. The monoisotopic (exact) mass is 442 g/mol. The van der Waals surface area contributed by atoms with Crippen LogP contribution >= 0.6 is 11.6 Å². The number of phenols is 1. The van der Waals surface area contributed by atoms with Crippen LogP contribution in [0.15, 0.2) is 54.1 Å². The van der Waals surface area contributed by atoms with Gasteiger partial charge in [-0.2, -0.15) is 0 Å². The molecule has 1 amide bonds. The number of hydrogen-bond acceptors (Lipinski definition) is 5. The van der Waals surface area contributed by atoms with Crippen LogP contribution in [0.1, 0.15) is 37.4 Å². The van der Waals surface area contributed by atoms with Crippen molar-refractivity contribution in [1.82, 2.24) is 9.80 Å². The highest BCUT2D eigenvalue weighted by Gasteiger charge is 2.45. The summed E-state index contributed by atoms with van der Waals surface area (Å²) in [7, 11) is 0. The summed E-state index contributed by atoms with van der Waals surface area (Å²) in [4.78, 5) is 29.6. The molecule has 0 radical (unpaired) electrons. The Morgan fingerprint density at radius 2 is 1.77 bits per heavy atom. The van der Waals surface area contributed by atoms with Gasteiger partial charge in [-0.05, 0) is 68.0 Å². The van der Waals surface area contributed by atoms with E-state index in [1.165, 1.54) is 17.0 Å². The summed E-state index contributed by atoms with van der Waals surface area (Å²) in [6.45, 7) is 7.12. The van der Waals surface area contributed by atoms with Gasteiger partial charge in [0.15, 0.2) is 0 Å². The standard InChI is InChI=1S/C24H27ClN2O4/c1-3-26(4-2)13-6-14-27-21(17-7-5-8-19(28)15-17)20(23(30)24(27)31)22(29)16-9-11-18(25)12-10-16/h5,7-12,15,21,28-29H,3-4,6,13-14H2,1-2H3/b22-20+. The zero-order valence-corrected chi connectivity index (χ0v) is 18.5. The Morgan fingerprint density at radius 1 is 1.10 bits per heavy atom. The molecule has 0 saturated carbocycles. The number of nitrogens with zero attached hydrogens (tertiary/aromatic N) is 2. The average Bonchev–Trinajstić information content (AvgIpc) is 3.01. The zero-order valence-electron chi connectivity index (χ0n) is 17.7. The number of carbonyl (C=O) groups excluding carboxylic acids is 2. The summed E-state index contributed by atoms with van der Waals surface area (Å²) in [6, 6.07) is 12.1. The minimum absolute atomic E-state index is 0.0146. The summed E-state index contributed by atoms with van der Waals surface area (Å²) >= 11 is 5.94. The van der Waals surface area contributed by atoms with E-state index in [1.54, 1.807) is 36.4 Å². The van der Waals surface area contributed by atoms with E-state index in [2.05, 4.69) is 18.7 Å². The summed E-state index contributed by atoms with van der Waals surface area (Å²) in [5.74, 6) is -1.61. The highest BCUT2D eigenvalue weighted by Crippen LogP contribution is 2.40. The van der Waals surface area contributed by atoms with Gasteiger partial charge in [-0.1, -0.05) is 37.6 Å². The van der Waals surface area contributed by atoms with E-state index in [0.29, 0.717) is 29.1 Å². The number of Topliss-reactive ketones (excluding diaryl/α,β-unsaturated/α-hetero) is 1. The molecule has 1 atom stereocenters. The second kappa shape index (κ2) is 9.98. The molecule has 2 aromatic carbocycles. The van der Waals surface area contributed by atoms with Crippen LogP contribution < -0.4 is 0 Å².